The summed E-state index contributed by atoms with van der Waals surface area (Å²) >= 11 is 0. The quantitative estimate of drug-likeness (QED) is 0.856. The maximum atomic E-state index is 12.3. The lowest BCUT2D eigenvalue weighted by Gasteiger charge is -2.15. The number of aromatic nitrogens is 1. The Bertz CT molecular complexity index is 650. The van der Waals surface area contributed by atoms with E-state index in [-0.39, 0.29) is 12.7 Å². The first kappa shape index (κ1) is 12.5. The number of rotatable bonds is 3. The van der Waals surface area contributed by atoms with Gasteiger partial charge in [-0.2, -0.15) is 0 Å². The molecule has 1 amide bonds. The highest BCUT2D eigenvalue weighted by molar-refractivity contribution is 5.94. The van der Waals surface area contributed by atoms with Crippen LogP contribution in [-0.4, -0.2) is 29.8 Å². The molecule has 2 heterocycles. The van der Waals surface area contributed by atoms with Gasteiger partial charge < -0.3 is 18.9 Å². The molecule has 1 aliphatic heterocycles. The molecule has 0 saturated heterocycles. The molecule has 0 N–H and O–H groups in total. The summed E-state index contributed by atoms with van der Waals surface area (Å²) in [5.74, 6) is 1.88. The molecule has 2 aromatic rings. The number of fused-ring (bicyclic) bond motifs is 1. The number of nitrogens with zero attached hydrogens (tertiary/aromatic N) is 2. The fourth-order valence-corrected chi connectivity index (χ4v) is 2.06. The SMILES string of the molecule is Cc1cc(CN(C)C(=O)c2ccc3c(c2)OCO3)no1. The van der Waals surface area contributed by atoms with Crippen molar-refractivity contribution in [1.29, 1.82) is 0 Å². The van der Waals surface area contributed by atoms with Gasteiger partial charge in [0.1, 0.15) is 11.5 Å². The summed E-state index contributed by atoms with van der Waals surface area (Å²) in [7, 11) is 1.72. The van der Waals surface area contributed by atoms with Crippen molar-refractivity contribution in [3.8, 4) is 11.5 Å². The number of carbonyl (C=O) groups is 1. The number of carbonyl (C=O) groups excluding carboxylic acids is 1. The molecule has 0 aliphatic carbocycles. The first-order chi connectivity index (χ1) is 9.63. The zero-order valence-corrected chi connectivity index (χ0v) is 11.3. The summed E-state index contributed by atoms with van der Waals surface area (Å²) in [5, 5.41) is 3.88. The van der Waals surface area contributed by atoms with Crippen LogP contribution in [0.25, 0.3) is 0 Å². The van der Waals surface area contributed by atoms with E-state index in [1.165, 1.54) is 0 Å². The van der Waals surface area contributed by atoms with Gasteiger partial charge in [-0.3, -0.25) is 4.79 Å². The second-order valence-corrected chi connectivity index (χ2v) is 4.66. The van der Waals surface area contributed by atoms with Gasteiger partial charge in [0.25, 0.3) is 5.91 Å². The van der Waals surface area contributed by atoms with E-state index in [1.807, 2.05) is 13.0 Å². The van der Waals surface area contributed by atoms with Gasteiger partial charge in [0.05, 0.1) is 6.54 Å². The smallest absolute Gasteiger partial charge is 0.254 e. The highest BCUT2D eigenvalue weighted by atomic mass is 16.7. The molecule has 0 unspecified atom stereocenters. The molecule has 0 spiro atoms. The van der Waals surface area contributed by atoms with Crippen molar-refractivity contribution >= 4 is 5.91 Å². The van der Waals surface area contributed by atoms with Crippen LogP contribution in [0.4, 0.5) is 0 Å². The third-order valence-corrected chi connectivity index (χ3v) is 3.04. The Morgan fingerprint density at radius 1 is 1.30 bits per heavy atom. The highest BCUT2D eigenvalue weighted by Gasteiger charge is 2.19. The minimum absolute atomic E-state index is 0.107. The van der Waals surface area contributed by atoms with E-state index < -0.39 is 0 Å². The maximum absolute atomic E-state index is 12.3. The van der Waals surface area contributed by atoms with Gasteiger partial charge >= 0.3 is 0 Å². The van der Waals surface area contributed by atoms with E-state index in [1.54, 1.807) is 30.1 Å². The summed E-state index contributed by atoms with van der Waals surface area (Å²) in [5.41, 5.74) is 1.27. The fourth-order valence-electron chi connectivity index (χ4n) is 2.06. The molecule has 0 radical (unpaired) electrons. The summed E-state index contributed by atoms with van der Waals surface area (Å²) in [6.07, 6.45) is 0. The number of amides is 1. The van der Waals surface area contributed by atoms with Gasteiger partial charge in [-0.15, -0.1) is 0 Å². The Balaban J connectivity index is 1.74. The van der Waals surface area contributed by atoms with Crippen LogP contribution < -0.4 is 9.47 Å². The Morgan fingerprint density at radius 3 is 2.85 bits per heavy atom. The third kappa shape index (κ3) is 2.32. The average Bonchev–Trinajstić information content (AvgIpc) is 3.05. The lowest BCUT2D eigenvalue weighted by atomic mass is 10.1. The first-order valence-electron chi connectivity index (χ1n) is 6.21. The maximum Gasteiger partial charge on any atom is 0.254 e. The Labute approximate surface area is 115 Å². The van der Waals surface area contributed by atoms with Gasteiger partial charge in [0, 0.05) is 18.7 Å². The zero-order valence-electron chi connectivity index (χ0n) is 11.3. The number of hydrogen-bond acceptors (Lipinski definition) is 5. The van der Waals surface area contributed by atoms with Crippen LogP contribution in [0.3, 0.4) is 0 Å². The van der Waals surface area contributed by atoms with Crippen LogP contribution in [0, 0.1) is 6.92 Å². The van der Waals surface area contributed by atoms with Crippen molar-refractivity contribution in [1.82, 2.24) is 10.1 Å². The van der Waals surface area contributed by atoms with Crippen molar-refractivity contribution < 1.29 is 18.8 Å². The minimum atomic E-state index is -0.107. The predicted molar refractivity (Wildman–Crippen MR) is 69.6 cm³/mol. The fraction of sp³-hybridized carbons (Fsp3) is 0.286. The standard InChI is InChI=1S/C14H14N2O4/c1-9-5-11(15-20-9)7-16(2)14(17)10-3-4-12-13(6-10)19-8-18-12/h3-6H,7-8H2,1-2H3. The van der Waals surface area contributed by atoms with Crippen molar-refractivity contribution in [3.05, 3.63) is 41.3 Å². The normalized spacial score (nSPS) is 12.5. The molecule has 0 bridgehead atoms. The second kappa shape index (κ2) is 4.88. The van der Waals surface area contributed by atoms with E-state index in [9.17, 15) is 4.79 Å². The van der Waals surface area contributed by atoms with Crippen LogP contribution >= 0.6 is 0 Å². The van der Waals surface area contributed by atoms with E-state index in [0.29, 0.717) is 23.6 Å². The lowest BCUT2D eigenvalue weighted by molar-refractivity contribution is 0.0781. The molecule has 0 atom stereocenters. The molecule has 0 saturated carbocycles. The third-order valence-electron chi connectivity index (χ3n) is 3.04. The molecule has 0 fully saturated rings. The van der Waals surface area contributed by atoms with Crippen LogP contribution in [0.15, 0.2) is 28.8 Å². The molecule has 6 heteroatoms. The van der Waals surface area contributed by atoms with Gasteiger partial charge in [-0.25, -0.2) is 0 Å². The van der Waals surface area contributed by atoms with Crippen molar-refractivity contribution in [3.63, 3.8) is 0 Å². The van der Waals surface area contributed by atoms with Gasteiger partial charge in [0.2, 0.25) is 6.79 Å². The molecule has 20 heavy (non-hydrogen) atoms. The minimum Gasteiger partial charge on any atom is -0.454 e. The van der Waals surface area contributed by atoms with Crippen molar-refractivity contribution in [2.75, 3.05) is 13.8 Å². The van der Waals surface area contributed by atoms with E-state index in [4.69, 9.17) is 14.0 Å². The van der Waals surface area contributed by atoms with Crippen molar-refractivity contribution in [2.24, 2.45) is 0 Å². The number of hydrogen-bond donors (Lipinski definition) is 0. The molecular weight excluding hydrogens is 260 g/mol. The van der Waals surface area contributed by atoms with Crippen LogP contribution in [0.5, 0.6) is 11.5 Å². The monoisotopic (exact) mass is 274 g/mol. The zero-order chi connectivity index (χ0) is 14.1. The Morgan fingerprint density at radius 2 is 2.10 bits per heavy atom. The van der Waals surface area contributed by atoms with Crippen LogP contribution in [0.1, 0.15) is 21.8 Å². The predicted octanol–water partition coefficient (Wildman–Crippen LogP) is 1.98. The second-order valence-electron chi connectivity index (χ2n) is 4.66. The average molecular weight is 274 g/mol. The first-order valence-corrected chi connectivity index (χ1v) is 6.21. The Hall–Kier alpha value is -2.50. The molecule has 3 rings (SSSR count). The van der Waals surface area contributed by atoms with Crippen LogP contribution in [-0.2, 0) is 6.54 Å². The molecular formula is C14H14N2O4. The molecule has 6 nitrogen and oxygen atoms in total. The summed E-state index contributed by atoms with van der Waals surface area (Å²) in [4.78, 5) is 13.9. The highest BCUT2D eigenvalue weighted by Crippen LogP contribution is 2.32. The lowest BCUT2D eigenvalue weighted by Crippen LogP contribution is -2.26. The molecule has 1 aromatic heterocycles. The summed E-state index contributed by atoms with van der Waals surface area (Å²) < 4.78 is 15.5. The van der Waals surface area contributed by atoms with Gasteiger partial charge in [-0.05, 0) is 25.1 Å². The number of aryl methyl sites for hydroxylation is 1. The molecule has 104 valence electrons. The van der Waals surface area contributed by atoms with E-state index in [2.05, 4.69) is 5.16 Å². The van der Waals surface area contributed by atoms with E-state index in [0.717, 1.165) is 11.5 Å². The van der Waals surface area contributed by atoms with Gasteiger partial charge in [-0.1, -0.05) is 5.16 Å². The van der Waals surface area contributed by atoms with Crippen molar-refractivity contribution in [2.45, 2.75) is 13.5 Å². The molecule has 1 aliphatic rings. The summed E-state index contributed by atoms with van der Waals surface area (Å²) in [6.45, 7) is 2.40. The van der Waals surface area contributed by atoms with Gasteiger partial charge in [0.15, 0.2) is 11.5 Å². The number of benzene rings is 1. The Kier molecular flexibility index (Phi) is 3.06. The number of ether oxygens (including phenoxy) is 2. The molecule has 1 aromatic carbocycles. The largest absolute Gasteiger partial charge is 0.454 e. The van der Waals surface area contributed by atoms with E-state index >= 15 is 0 Å². The summed E-state index contributed by atoms with van der Waals surface area (Å²) in [6, 6.07) is 6.96. The van der Waals surface area contributed by atoms with Crippen LogP contribution in [0.2, 0.25) is 0 Å². The topological polar surface area (TPSA) is 64.8 Å².